The molecule has 0 spiro atoms. The molecule has 0 unspecified atom stereocenters. The van der Waals surface area contributed by atoms with E-state index in [-0.39, 0.29) is 11.8 Å². The molecule has 0 aromatic carbocycles. The molecule has 0 N–H and O–H groups in total. The van der Waals surface area contributed by atoms with Gasteiger partial charge in [-0.25, -0.2) is 0 Å². The molecule has 0 amide bonds. The van der Waals surface area contributed by atoms with Crippen LogP contribution in [0.2, 0.25) is 0 Å². The normalized spacial score (nSPS) is 28.0. The lowest BCUT2D eigenvalue weighted by atomic mass is 9.66. The highest BCUT2D eigenvalue weighted by Crippen LogP contribution is 2.47. The topological polar surface area (TPSA) is 61.8 Å². The molecular weight excluding hydrogens is 200 g/mol. The molecule has 15 heavy (non-hydrogen) atoms. The Bertz CT molecular complexity index is 269. The molecule has 1 aliphatic carbocycles. The van der Waals surface area contributed by atoms with Gasteiger partial charge in [-0.05, 0) is 6.92 Å². The second-order valence-corrected chi connectivity index (χ2v) is 3.64. The van der Waals surface area contributed by atoms with Crippen LogP contribution in [-0.2, 0) is 23.8 Å². The van der Waals surface area contributed by atoms with Crippen molar-refractivity contribution in [3.8, 4) is 0 Å². The molecule has 5 heteroatoms. The van der Waals surface area contributed by atoms with Crippen LogP contribution in [0.5, 0.6) is 0 Å². The summed E-state index contributed by atoms with van der Waals surface area (Å²) in [6, 6.07) is 0. The highest BCUT2D eigenvalue weighted by Gasteiger charge is 2.61. The average Bonchev–Trinajstić information content (AvgIpc) is 2.17. The van der Waals surface area contributed by atoms with E-state index in [9.17, 15) is 9.59 Å². The zero-order chi connectivity index (χ0) is 11.6. The minimum atomic E-state index is -0.954. The summed E-state index contributed by atoms with van der Waals surface area (Å²) in [6.07, 6.45) is 0.358. The van der Waals surface area contributed by atoms with Crippen LogP contribution < -0.4 is 0 Å². The zero-order valence-electron chi connectivity index (χ0n) is 9.40. The van der Waals surface area contributed by atoms with Crippen LogP contribution in [-0.4, -0.2) is 38.9 Å². The van der Waals surface area contributed by atoms with Gasteiger partial charge in [-0.3, -0.25) is 9.59 Å². The Balaban J connectivity index is 2.85. The minimum absolute atomic E-state index is 0.125. The second-order valence-electron chi connectivity index (χ2n) is 3.64. The summed E-state index contributed by atoms with van der Waals surface area (Å²) in [6.45, 7) is 1.42. The second kappa shape index (κ2) is 4.28. The first-order chi connectivity index (χ1) is 7.02. The molecule has 1 saturated carbocycles. The van der Waals surface area contributed by atoms with E-state index in [2.05, 4.69) is 4.74 Å². The molecule has 1 aliphatic rings. The largest absolute Gasteiger partial charge is 0.469 e. The number of hydrogen-bond acceptors (Lipinski definition) is 5. The first-order valence-electron chi connectivity index (χ1n) is 4.71. The van der Waals surface area contributed by atoms with Gasteiger partial charge in [0.1, 0.15) is 5.78 Å². The van der Waals surface area contributed by atoms with Crippen LogP contribution in [0, 0.1) is 11.8 Å². The summed E-state index contributed by atoms with van der Waals surface area (Å²) in [4.78, 5) is 22.8. The van der Waals surface area contributed by atoms with Crippen molar-refractivity contribution in [1.82, 2.24) is 0 Å². The van der Waals surface area contributed by atoms with Crippen molar-refractivity contribution in [2.24, 2.45) is 11.8 Å². The van der Waals surface area contributed by atoms with Crippen LogP contribution in [0.1, 0.15) is 13.3 Å². The van der Waals surface area contributed by atoms with Gasteiger partial charge in [-0.2, -0.15) is 0 Å². The molecule has 1 fully saturated rings. The molecule has 0 radical (unpaired) electrons. The van der Waals surface area contributed by atoms with Gasteiger partial charge in [0.2, 0.25) is 0 Å². The fourth-order valence-electron chi connectivity index (χ4n) is 2.17. The monoisotopic (exact) mass is 216 g/mol. The smallest absolute Gasteiger partial charge is 0.309 e. The molecular formula is C10H16O5. The first-order valence-corrected chi connectivity index (χ1v) is 4.71. The maximum absolute atomic E-state index is 11.4. The number of methoxy groups -OCH3 is 3. The molecule has 0 aliphatic heterocycles. The van der Waals surface area contributed by atoms with Gasteiger partial charge < -0.3 is 14.2 Å². The van der Waals surface area contributed by atoms with E-state index in [0.717, 1.165) is 0 Å². The lowest BCUT2D eigenvalue weighted by molar-refractivity contribution is -0.299. The average molecular weight is 216 g/mol. The fourth-order valence-corrected chi connectivity index (χ4v) is 2.17. The van der Waals surface area contributed by atoms with Crippen molar-refractivity contribution in [3.05, 3.63) is 0 Å². The number of Topliss-reactive ketones (excluding diaryl/α,β-unsaturated/α-hetero) is 1. The van der Waals surface area contributed by atoms with Crippen molar-refractivity contribution >= 4 is 11.8 Å². The van der Waals surface area contributed by atoms with Crippen LogP contribution >= 0.6 is 0 Å². The van der Waals surface area contributed by atoms with Gasteiger partial charge in [-0.15, -0.1) is 0 Å². The van der Waals surface area contributed by atoms with Crippen LogP contribution in [0.25, 0.3) is 0 Å². The Morgan fingerprint density at radius 2 is 1.73 bits per heavy atom. The SMILES string of the molecule is COC(=O)[C@H]1CC(OC)(OC)[C@H]1C(C)=O. The third-order valence-corrected chi connectivity index (χ3v) is 3.01. The quantitative estimate of drug-likeness (QED) is 0.502. The van der Waals surface area contributed by atoms with E-state index in [1.165, 1.54) is 28.3 Å². The Labute approximate surface area is 88.7 Å². The summed E-state index contributed by atoms with van der Waals surface area (Å²) in [5.41, 5.74) is 0. The molecule has 0 aromatic rings. The number of carbonyl (C=O) groups is 2. The summed E-state index contributed by atoms with van der Waals surface area (Å²) in [7, 11) is 4.24. The third-order valence-electron chi connectivity index (χ3n) is 3.01. The number of rotatable bonds is 4. The molecule has 1 rings (SSSR count). The first kappa shape index (κ1) is 12.1. The Hall–Kier alpha value is -0.940. The number of carbonyl (C=O) groups excluding carboxylic acids is 2. The van der Waals surface area contributed by atoms with Gasteiger partial charge in [0, 0.05) is 20.6 Å². The summed E-state index contributed by atoms with van der Waals surface area (Å²) >= 11 is 0. The summed E-state index contributed by atoms with van der Waals surface area (Å²) in [5, 5.41) is 0. The molecule has 0 heterocycles. The molecule has 5 nitrogen and oxygen atoms in total. The van der Waals surface area contributed by atoms with Crippen molar-refractivity contribution < 1.29 is 23.8 Å². The Morgan fingerprint density at radius 3 is 2.07 bits per heavy atom. The van der Waals surface area contributed by atoms with Crippen LogP contribution in [0.3, 0.4) is 0 Å². The van der Waals surface area contributed by atoms with E-state index in [1.54, 1.807) is 0 Å². The Kier molecular flexibility index (Phi) is 3.46. The zero-order valence-corrected chi connectivity index (χ0v) is 9.40. The molecule has 0 aromatic heterocycles. The van der Waals surface area contributed by atoms with Crippen LogP contribution in [0.15, 0.2) is 0 Å². The lowest BCUT2D eigenvalue weighted by Crippen LogP contribution is -2.61. The van der Waals surface area contributed by atoms with Gasteiger partial charge in [0.05, 0.1) is 18.9 Å². The Morgan fingerprint density at radius 1 is 1.20 bits per heavy atom. The maximum Gasteiger partial charge on any atom is 0.309 e. The fraction of sp³-hybridized carbons (Fsp3) is 0.800. The lowest BCUT2D eigenvalue weighted by Gasteiger charge is -2.49. The van der Waals surface area contributed by atoms with Gasteiger partial charge in [0.15, 0.2) is 5.79 Å². The molecule has 86 valence electrons. The highest BCUT2D eigenvalue weighted by atomic mass is 16.7. The third kappa shape index (κ3) is 1.77. The maximum atomic E-state index is 11.4. The van der Waals surface area contributed by atoms with Gasteiger partial charge in [0.25, 0.3) is 0 Å². The van der Waals surface area contributed by atoms with Crippen molar-refractivity contribution in [2.45, 2.75) is 19.1 Å². The number of ether oxygens (including phenoxy) is 3. The predicted octanol–water partition coefficient (Wildman–Crippen LogP) is 0.374. The van der Waals surface area contributed by atoms with Gasteiger partial charge >= 0.3 is 5.97 Å². The van der Waals surface area contributed by atoms with Crippen molar-refractivity contribution in [3.63, 3.8) is 0 Å². The summed E-state index contributed by atoms with van der Waals surface area (Å²) in [5.74, 6) is -2.49. The van der Waals surface area contributed by atoms with E-state index in [0.29, 0.717) is 6.42 Å². The standard InChI is InChI=1S/C10H16O5/c1-6(11)8-7(9(12)13-2)5-10(8,14-3)15-4/h7-8H,5H2,1-4H3/t7-,8-/m0/s1. The van der Waals surface area contributed by atoms with E-state index < -0.39 is 17.6 Å². The predicted molar refractivity (Wildman–Crippen MR) is 51.0 cm³/mol. The van der Waals surface area contributed by atoms with Gasteiger partial charge in [-0.1, -0.05) is 0 Å². The van der Waals surface area contributed by atoms with E-state index in [4.69, 9.17) is 9.47 Å². The highest BCUT2D eigenvalue weighted by molar-refractivity contribution is 5.88. The minimum Gasteiger partial charge on any atom is -0.469 e. The molecule has 0 saturated heterocycles. The van der Waals surface area contributed by atoms with Crippen molar-refractivity contribution in [1.29, 1.82) is 0 Å². The van der Waals surface area contributed by atoms with Crippen molar-refractivity contribution in [2.75, 3.05) is 21.3 Å². The van der Waals surface area contributed by atoms with E-state index in [1.807, 2.05) is 0 Å². The van der Waals surface area contributed by atoms with E-state index >= 15 is 0 Å². The number of esters is 1. The van der Waals surface area contributed by atoms with Crippen LogP contribution in [0.4, 0.5) is 0 Å². The number of ketones is 1. The number of hydrogen-bond donors (Lipinski definition) is 0. The molecule has 0 bridgehead atoms. The summed E-state index contributed by atoms with van der Waals surface area (Å²) < 4.78 is 15.0. The molecule has 2 atom stereocenters.